The molecule has 0 aromatic heterocycles. The second kappa shape index (κ2) is 14.6. The van der Waals surface area contributed by atoms with Gasteiger partial charge in [0.05, 0.1) is 6.10 Å². The maximum absolute atomic E-state index is 13.9. The summed E-state index contributed by atoms with van der Waals surface area (Å²) in [7, 11) is 0. The Morgan fingerprint density at radius 2 is 1.55 bits per heavy atom. The number of carbonyl (C=O) groups excluding carboxylic acids is 1. The van der Waals surface area contributed by atoms with Gasteiger partial charge in [-0.3, -0.25) is 4.79 Å². The summed E-state index contributed by atoms with van der Waals surface area (Å²) in [6, 6.07) is 0. The molecule has 4 rings (SSSR count). The highest BCUT2D eigenvalue weighted by molar-refractivity contribution is 5.79. The highest BCUT2D eigenvalue weighted by Gasteiger charge is 2.67. The molecule has 4 fully saturated rings. The monoisotopic (exact) mass is 589 g/mol. The maximum atomic E-state index is 13.9. The Balaban J connectivity index is 1.41. The molecule has 42 heavy (non-hydrogen) atoms. The average Bonchev–Trinajstić information content (AvgIpc) is 3.30. The van der Waals surface area contributed by atoms with Gasteiger partial charge in [-0.05, 0) is 129 Å². The molecule has 0 aromatic rings. The van der Waals surface area contributed by atoms with E-state index in [2.05, 4.69) is 57.5 Å². The van der Waals surface area contributed by atoms with Gasteiger partial charge in [0, 0.05) is 32.1 Å². The summed E-state index contributed by atoms with van der Waals surface area (Å²) in [6.45, 7) is 19.9. The zero-order chi connectivity index (χ0) is 30.5. The zero-order valence-corrected chi connectivity index (χ0v) is 28.3. The molecule has 1 amide bonds. The number of rotatable bonds is 15. The molecule has 0 spiro atoms. The van der Waals surface area contributed by atoms with Crippen molar-refractivity contribution in [2.45, 2.75) is 125 Å². The molecular formula is C36H68N4O2. The molecule has 4 saturated carbocycles. The predicted octanol–water partition coefficient (Wildman–Crippen LogP) is 5.73. The van der Waals surface area contributed by atoms with Crippen molar-refractivity contribution >= 4 is 5.91 Å². The van der Waals surface area contributed by atoms with E-state index in [-0.39, 0.29) is 12.0 Å². The number of amides is 1. The van der Waals surface area contributed by atoms with Crippen molar-refractivity contribution in [2.24, 2.45) is 63.4 Å². The fourth-order valence-corrected chi connectivity index (χ4v) is 11.3. The predicted molar refractivity (Wildman–Crippen MR) is 175 cm³/mol. The van der Waals surface area contributed by atoms with Crippen LogP contribution in [0, 0.1) is 57.7 Å². The van der Waals surface area contributed by atoms with Gasteiger partial charge in [-0.15, -0.1) is 0 Å². The second-order valence-corrected chi connectivity index (χ2v) is 16.3. The largest absolute Gasteiger partial charge is 0.393 e. The lowest BCUT2D eigenvalue weighted by Gasteiger charge is -2.68. The molecule has 0 aromatic carbocycles. The molecule has 0 bridgehead atoms. The number of nitrogens with one attached hydrogen (secondary N) is 3. The molecule has 10 atom stereocenters. The molecule has 6 heteroatoms. The topological polar surface area (TPSA) is 99.4 Å². The van der Waals surface area contributed by atoms with Crippen molar-refractivity contribution < 1.29 is 9.90 Å². The number of nitrogens with two attached hydrogens (primary N) is 1. The van der Waals surface area contributed by atoms with Gasteiger partial charge in [0.2, 0.25) is 5.91 Å². The van der Waals surface area contributed by atoms with Crippen LogP contribution in [0.4, 0.5) is 0 Å². The summed E-state index contributed by atoms with van der Waals surface area (Å²) in [5, 5.41) is 21.0. The average molecular weight is 589 g/mol. The first-order chi connectivity index (χ1) is 20.0. The molecule has 6 nitrogen and oxygen atoms in total. The Morgan fingerprint density at radius 1 is 0.833 bits per heavy atom. The highest BCUT2D eigenvalue weighted by atomic mass is 16.3. The van der Waals surface area contributed by atoms with E-state index in [0.717, 1.165) is 57.8 Å². The molecule has 4 aliphatic rings. The minimum atomic E-state index is -0.117. The van der Waals surface area contributed by atoms with Crippen molar-refractivity contribution in [3.8, 4) is 0 Å². The van der Waals surface area contributed by atoms with Crippen molar-refractivity contribution in [3.63, 3.8) is 0 Å². The third kappa shape index (κ3) is 6.77. The first-order valence-corrected chi connectivity index (χ1v) is 18.1. The van der Waals surface area contributed by atoms with Crippen LogP contribution >= 0.6 is 0 Å². The maximum Gasteiger partial charge on any atom is 0.223 e. The summed E-state index contributed by atoms with van der Waals surface area (Å²) >= 11 is 0. The third-order valence-electron chi connectivity index (χ3n) is 13.8. The first kappa shape index (κ1) is 34.2. The van der Waals surface area contributed by atoms with Gasteiger partial charge in [0.25, 0.3) is 0 Å². The third-order valence-corrected chi connectivity index (χ3v) is 13.8. The van der Waals surface area contributed by atoms with Crippen molar-refractivity contribution in [3.05, 3.63) is 0 Å². The fourth-order valence-electron chi connectivity index (χ4n) is 11.3. The number of hydrogen-bond acceptors (Lipinski definition) is 5. The molecular weight excluding hydrogens is 520 g/mol. The number of fused-ring (bicyclic) bond motifs is 5. The zero-order valence-electron chi connectivity index (χ0n) is 28.3. The van der Waals surface area contributed by atoms with Gasteiger partial charge < -0.3 is 26.8 Å². The fraction of sp³-hybridized carbons (Fsp3) is 0.972. The quantitative estimate of drug-likeness (QED) is 0.157. The van der Waals surface area contributed by atoms with E-state index in [9.17, 15) is 9.90 Å². The Bertz CT molecular complexity index is 867. The summed E-state index contributed by atoms with van der Waals surface area (Å²) in [5.41, 5.74) is 6.53. The molecule has 0 saturated heterocycles. The standard InChI is InChI=1S/C36H68N4O2/c1-25(2)9-7-10-28(33(42)40-24-23-39-21-8-20-38-22-19-37)27-13-17-35(5)30(27)11-12-32-34(4)16-15-31(41)26(3)29(34)14-18-36(32,35)6/h25-32,38-39,41H,7-24,37H2,1-6H3,(H,40,42)/t26-,27+,28?,29?,30?,31+,32?,34-,35-,36-/m0/s1. The summed E-state index contributed by atoms with van der Waals surface area (Å²) in [6.07, 6.45) is 14.2. The van der Waals surface area contributed by atoms with Gasteiger partial charge in [-0.25, -0.2) is 0 Å². The summed E-state index contributed by atoms with van der Waals surface area (Å²) < 4.78 is 0. The van der Waals surface area contributed by atoms with Crippen molar-refractivity contribution in [1.82, 2.24) is 16.0 Å². The van der Waals surface area contributed by atoms with E-state index in [1.54, 1.807) is 0 Å². The minimum Gasteiger partial charge on any atom is -0.393 e. The van der Waals surface area contributed by atoms with Crippen LogP contribution in [-0.2, 0) is 4.79 Å². The van der Waals surface area contributed by atoms with E-state index in [4.69, 9.17) is 5.73 Å². The van der Waals surface area contributed by atoms with Gasteiger partial charge in [-0.2, -0.15) is 0 Å². The van der Waals surface area contributed by atoms with Gasteiger partial charge in [0.1, 0.15) is 0 Å². The first-order valence-electron chi connectivity index (χ1n) is 18.1. The lowest BCUT2D eigenvalue weighted by atomic mass is 9.37. The summed E-state index contributed by atoms with van der Waals surface area (Å²) in [4.78, 5) is 13.9. The molecule has 6 N–H and O–H groups in total. The van der Waals surface area contributed by atoms with Gasteiger partial charge in [0.15, 0.2) is 0 Å². The van der Waals surface area contributed by atoms with Gasteiger partial charge in [-0.1, -0.05) is 54.4 Å². The van der Waals surface area contributed by atoms with Crippen LogP contribution in [-0.4, -0.2) is 56.4 Å². The second-order valence-electron chi connectivity index (χ2n) is 16.3. The molecule has 0 radical (unpaired) electrons. The van der Waals surface area contributed by atoms with E-state index in [1.807, 2.05) is 0 Å². The smallest absolute Gasteiger partial charge is 0.223 e. The van der Waals surface area contributed by atoms with Crippen LogP contribution in [0.1, 0.15) is 119 Å². The van der Waals surface area contributed by atoms with Crippen LogP contribution in [0.2, 0.25) is 0 Å². The molecule has 4 aliphatic carbocycles. The number of aliphatic hydroxyl groups is 1. The minimum absolute atomic E-state index is 0.117. The number of carbonyl (C=O) groups is 1. The SMILES string of the molecule is CC(C)CCCC(C(=O)NCCNCCCNCCN)[C@H]1CC[C@@]2(C)C1CCC1[C@@]3(C)CC[C@@H](O)[C@@H](C)C3CC[C@@]12C. The lowest BCUT2D eigenvalue weighted by Crippen LogP contribution is -2.62. The van der Waals surface area contributed by atoms with Gasteiger partial charge >= 0.3 is 0 Å². The molecule has 4 unspecified atom stereocenters. The van der Waals surface area contributed by atoms with E-state index in [0.29, 0.717) is 64.8 Å². The number of hydrogen-bond donors (Lipinski definition) is 5. The Hall–Kier alpha value is -0.690. The number of aliphatic hydroxyl groups excluding tert-OH is 1. The van der Waals surface area contributed by atoms with E-state index in [1.165, 1.54) is 51.4 Å². The molecule has 0 heterocycles. The Kier molecular flexibility index (Phi) is 11.9. The van der Waals surface area contributed by atoms with Crippen LogP contribution in [0.3, 0.4) is 0 Å². The highest BCUT2D eigenvalue weighted by Crippen LogP contribution is 2.74. The lowest BCUT2D eigenvalue weighted by molar-refractivity contribution is -0.203. The summed E-state index contributed by atoms with van der Waals surface area (Å²) in [5.74, 6) is 4.13. The molecule has 0 aliphatic heterocycles. The van der Waals surface area contributed by atoms with Crippen molar-refractivity contribution in [2.75, 3.05) is 39.3 Å². The normalized spacial score (nSPS) is 40.3. The van der Waals surface area contributed by atoms with Crippen molar-refractivity contribution in [1.29, 1.82) is 0 Å². The Morgan fingerprint density at radius 3 is 2.26 bits per heavy atom. The van der Waals surface area contributed by atoms with E-state index < -0.39 is 0 Å². The molecule has 244 valence electrons. The Labute approximate surface area is 258 Å². The van der Waals surface area contributed by atoms with Crippen LogP contribution in [0.25, 0.3) is 0 Å². The van der Waals surface area contributed by atoms with Crippen LogP contribution < -0.4 is 21.7 Å². The van der Waals surface area contributed by atoms with Crippen LogP contribution in [0.15, 0.2) is 0 Å². The van der Waals surface area contributed by atoms with Crippen LogP contribution in [0.5, 0.6) is 0 Å². The van der Waals surface area contributed by atoms with E-state index >= 15 is 0 Å².